The average molecular weight is 560 g/mol. The van der Waals surface area contributed by atoms with Crippen LogP contribution in [0.4, 0.5) is 10.1 Å². The van der Waals surface area contributed by atoms with Crippen molar-refractivity contribution in [2.45, 2.75) is 50.7 Å². The van der Waals surface area contributed by atoms with Gasteiger partial charge in [-0.2, -0.15) is 0 Å². The van der Waals surface area contributed by atoms with Crippen LogP contribution in [0.2, 0.25) is 5.02 Å². The maximum absolute atomic E-state index is 13.9. The summed E-state index contributed by atoms with van der Waals surface area (Å²) in [6, 6.07) is 18.4. The summed E-state index contributed by atoms with van der Waals surface area (Å²) in [6.45, 7) is 4.78. The van der Waals surface area contributed by atoms with Crippen molar-refractivity contribution in [3.05, 3.63) is 95.3 Å². The summed E-state index contributed by atoms with van der Waals surface area (Å²) in [5, 5.41) is 3.25. The zero-order chi connectivity index (χ0) is 27.9. The average Bonchev–Trinajstić information content (AvgIpc) is 2.88. The molecule has 0 fully saturated rings. The predicted molar refractivity (Wildman–Crippen MR) is 147 cm³/mol. The molecule has 1 N–H and O–H groups in total. The van der Waals surface area contributed by atoms with Gasteiger partial charge < -0.3 is 10.2 Å². The van der Waals surface area contributed by atoms with E-state index >= 15 is 0 Å². The Bertz CT molecular complexity index is 1350. The van der Waals surface area contributed by atoms with Gasteiger partial charge in [-0.25, -0.2) is 12.8 Å². The van der Waals surface area contributed by atoms with Crippen LogP contribution in [0, 0.1) is 5.82 Å². The first-order valence-corrected chi connectivity index (χ1v) is 14.0. The third kappa shape index (κ3) is 7.11. The molecular weight excluding hydrogens is 529 g/mol. The number of benzene rings is 3. The van der Waals surface area contributed by atoms with Crippen LogP contribution in [-0.4, -0.2) is 43.8 Å². The standard InChI is InChI=1S/C28H31ClFN3O4S/c1-4-26(28(35)31-20(2)3)32(18-21-10-8-9-13-25(21)29)27(34)19-33(23-16-14-22(30)15-17-23)38(36,37)24-11-6-5-7-12-24/h5-17,20,26H,4,18-19H2,1-3H3,(H,31,35)/t26-/m1/s1. The molecule has 0 aliphatic rings. The van der Waals surface area contributed by atoms with Crippen LogP contribution in [0.1, 0.15) is 32.8 Å². The molecule has 1 atom stereocenters. The van der Waals surface area contributed by atoms with Gasteiger partial charge in [0.2, 0.25) is 11.8 Å². The fourth-order valence-corrected chi connectivity index (χ4v) is 5.60. The Balaban J connectivity index is 2.06. The number of carbonyl (C=O) groups is 2. The van der Waals surface area contributed by atoms with Crippen LogP contribution in [0.5, 0.6) is 0 Å². The largest absolute Gasteiger partial charge is 0.352 e. The molecule has 10 heteroatoms. The summed E-state index contributed by atoms with van der Waals surface area (Å²) in [5.74, 6) is -1.52. The molecule has 0 aliphatic carbocycles. The van der Waals surface area contributed by atoms with E-state index in [9.17, 15) is 22.4 Å². The molecule has 0 radical (unpaired) electrons. The van der Waals surface area contributed by atoms with Crippen molar-refractivity contribution in [3.8, 4) is 0 Å². The molecule has 0 aliphatic heterocycles. The van der Waals surface area contributed by atoms with Crippen molar-refractivity contribution in [2.75, 3.05) is 10.8 Å². The zero-order valence-corrected chi connectivity index (χ0v) is 23.0. The Labute approximate surface area is 228 Å². The third-order valence-corrected chi connectivity index (χ3v) is 8.00. The highest BCUT2D eigenvalue weighted by atomic mass is 35.5. The number of anilines is 1. The van der Waals surface area contributed by atoms with Crippen LogP contribution in [-0.2, 0) is 26.2 Å². The number of nitrogens with zero attached hydrogens (tertiary/aromatic N) is 2. The Hall–Kier alpha value is -3.43. The molecule has 0 spiro atoms. The molecule has 202 valence electrons. The van der Waals surface area contributed by atoms with Gasteiger partial charge in [0.05, 0.1) is 10.6 Å². The number of amides is 2. The summed E-state index contributed by atoms with van der Waals surface area (Å²) < 4.78 is 41.9. The van der Waals surface area contributed by atoms with E-state index in [2.05, 4.69) is 5.32 Å². The molecule has 0 heterocycles. The zero-order valence-electron chi connectivity index (χ0n) is 21.5. The minimum Gasteiger partial charge on any atom is -0.352 e. The molecule has 0 unspecified atom stereocenters. The Kier molecular flexibility index (Phi) is 9.88. The van der Waals surface area contributed by atoms with Crippen LogP contribution >= 0.6 is 11.6 Å². The van der Waals surface area contributed by atoms with Crippen molar-refractivity contribution < 1.29 is 22.4 Å². The molecular formula is C28H31ClFN3O4S. The van der Waals surface area contributed by atoms with Gasteiger partial charge in [-0.1, -0.05) is 54.9 Å². The van der Waals surface area contributed by atoms with Crippen molar-refractivity contribution in [1.29, 1.82) is 0 Å². The van der Waals surface area contributed by atoms with Gasteiger partial charge in [-0.05, 0) is 68.3 Å². The van der Waals surface area contributed by atoms with E-state index in [1.807, 2.05) is 13.8 Å². The van der Waals surface area contributed by atoms with Gasteiger partial charge in [-0.15, -0.1) is 0 Å². The lowest BCUT2D eigenvalue weighted by Crippen LogP contribution is -2.53. The highest BCUT2D eigenvalue weighted by Gasteiger charge is 2.34. The molecule has 0 aromatic heterocycles. The summed E-state index contributed by atoms with van der Waals surface area (Å²) in [5.41, 5.74) is 0.721. The first-order chi connectivity index (χ1) is 18.0. The Morgan fingerprint density at radius 1 is 0.947 bits per heavy atom. The molecule has 0 saturated carbocycles. The second-order valence-corrected chi connectivity index (χ2v) is 11.3. The van der Waals surface area contributed by atoms with E-state index in [0.717, 1.165) is 16.4 Å². The second kappa shape index (κ2) is 12.9. The minimum atomic E-state index is -4.21. The molecule has 0 bridgehead atoms. The van der Waals surface area contributed by atoms with Gasteiger partial charge in [-0.3, -0.25) is 13.9 Å². The van der Waals surface area contributed by atoms with Gasteiger partial charge in [0.25, 0.3) is 10.0 Å². The lowest BCUT2D eigenvalue weighted by Gasteiger charge is -2.33. The predicted octanol–water partition coefficient (Wildman–Crippen LogP) is 5.01. The van der Waals surface area contributed by atoms with Crippen LogP contribution in [0.15, 0.2) is 83.8 Å². The molecule has 3 rings (SSSR count). The maximum Gasteiger partial charge on any atom is 0.264 e. The molecule has 2 amide bonds. The fourth-order valence-electron chi connectivity index (χ4n) is 3.97. The molecule has 3 aromatic carbocycles. The smallest absolute Gasteiger partial charge is 0.264 e. The van der Waals surface area contributed by atoms with Crippen molar-refractivity contribution in [1.82, 2.24) is 10.2 Å². The fraction of sp³-hybridized carbons (Fsp3) is 0.286. The highest BCUT2D eigenvalue weighted by Crippen LogP contribution is 2.26. The second-order valence-electron chi connectivity index (χ2n) is 9.00. The number of hydrogen-bond donors (Lipinski definition) is 1. The molecule has 3 aromatic rings. The summed E-state index contributed by atoms with van der Waals surface area (Å²) >= 11 is 6.37. The van der Waals surface area contributed by atoms with Crippen molar-refractivity contribution in [2.24, 2.45) is 0 Å². The van der Waals surface area contributed by atoms with Gasteiger partial charge in [0.15, 0.2) is 0 Å². The molecule has 0 saturated heterocycles. The van der Waals surface area contributed by atoms with E-state index in [4.69, 9.17) is 11.6 Å². The molecule has 38 heavy (non-hydrogen) atoms. The molecule has 7 nitrogen and oxygen atoms in total. The van der Waals surface area contributed by atoms with Gasteiger partial charge in [0, 0.05) is 17.6 Å². The van der Waals surface area contributed by atoms with Gasteiger partial charge >= 0.3 is 0 Å². The van der Waals surface area contributed by atoms with Crippen LogP contribution in [0.3, 0.4) is 0 Å². The topological polar surface area (TPSA) is 86.8 Å². The third-order valence-electron chi connectivity index (χ3n) is 5.84. The lowest BCUT2D eigenvalue weighted by atomic mass is 10.1. The first kappa shape index (κ1) is 29.1. The van der Waals surface area contributed by atoms with E-state index in [0.29, 0.717) is 10.6 Å². The van der Waals surface area contributed by atoms with E-state index < -0.39 is 34.3 Å². The number of hydrogen-bond acceptors (Lipinski definition) is 4. The summed E-state index contributed by atoms with van der Waals surface area (Å²) in [4.78, 5) is 28.3. The van der Waals surface area contributed by atoms with Crippen molar-refractivity contribution >= 4 is 39.1 Å². The monoisotopic (exact) mass is 559 g/mol. The number of halogens is 2. The van der Waals surface area contributed by atoms with E-state index in [-0.39, 0.29) is 35.5 Å². The SMILES string of the molecule is CC[C@H](C(=O)NC(C)C)N(Cc1ccccc1Cl)C(=O)CN(c1ccc(F)cc1)S(=O)(=O)c1ccccc1. The quantitative estimate of drug-likeness (QED) is 0.358. The van der Waals surface area contributed by atoms with Crippen LogP contribution in [0.25, 0.3) is 0 Å². The Morgan fingerprint density at radius 3 is 2.13 bits per heavy atom. The number of nitrogens with one attached hydrogen (secondary N) is 1. The Morgan fingerprint density at radius 2 is 1.55 bits per heavy atom. The number of carbonyl (C=O) groups excluding carboxylic acids is 2. The normalized spacial score (nSPS) is 12.2. The summed E-state index contributed by atoms with van der Waals surface area (Å²) in [6.07, 6.45) is 0.288. The first-order valence-electron chi connectivity index (χ1n) is 12.2. The number of sulfonamides is 1. The maximum atomic E-state index is 13.9. The summed E-state index contributed by atoms with van der Waals surface area (Å²) in [7, 11) is -4.21. The minimum absolute atomic E-state index is 0.00876. The highest BCUT2D eigenvalue weighted by molar-refractivity contribution is 7.92. The van der Waals surface area contributed by atoms with E-state index in [1.165, 1.54) is 29.2 Å². The lowest BCUT2D eigenvalue weighted by molar-refractivity contribution is -0.140. The van der Waals surface area contributed by atoms with Crippen LogP contribution < -0.4 is 9.62 Å². The van der Waals surface area contributed by atoms with Crippen molar-refractivity contribution in [3.63, 3.8) is 0 Å². The van der Waals surface area contributed by atoms with Gasteiger partial charge in [0.1, 0.15) is 18.4 Å². The van der Waals surface area contributed by atoms with E-state index in [1.54, 1.807) is 49.4 Å². The number of rotatable bonds is 11.